The van der Waals surface area contributed by atoms with Crippen LogP contribution in [0.5, 0.6) is 5.75 Å². The van der Waals surface area contributed by atoms with Crippen LogP contribution in [0.1, 0.15) is 13.8 Å². The third-order valence-corrected chi connectivity index (χ3v) is 2.18. The molecule has 0 spiro atoms. The number of phenols is 1. The molecule has 0 fully saturated rings. The van der Waals surface area contributed by atoms with Crippen LogP contribution in [0.25, 0.3) is 0 Å². The van der Waals surface area contributed by atoms with Gasteiger partial charge in [0.1, 0.15) is 0 Å². The monoisotopic (exact) mass is 244 g/mol. The smallest absolute Gasteiger partial charge is 0.171 e. The number of halogens is 1. The zero-order valence-electron chi connectivity index (χ0n) is 8.54. The maximum absolute atomic E-state index is 9.60. The number of anilines is 1. The molecular formula is C10H13ClN2OS. The van der Waals surface area contributed by atoms with Crippen molar-refractivity contribution in [2.24, 2.45) is 0 Å². The Morgan fingerprint density at radius 1 is 1.47 bits per heavy atom. The quantitative estimate of drug-likeness (QED) is 0.553. The molecule has 0 aromatic heterocycles. The average Bonchev–Trinajstić information content (AvgIpc) is 2.11. The number of hydrogen-bond acceptors (Lipinski definition) is 2. The van der Waals surface area contributed by atoms with Crippen LogP contribution in [0.15, 0.2) is 18.2 Å². The molecule has 3 N–H and O–H groups in total. The van der Waals surface area contributed by atoms with E-state index in [0.29, 0.717) is 15.8 Å². The maximum Gasteiger partial charge on any atom is 0.171 e. The molecule has 0 unspecified atom stereocenters. The maximum atomic E-state index is 9.60. The number of para-hydroxylation sites is 1. The first-order valence-corrected chi connectivity index (χ1v) is 5.34. The van der Waals surface area contributed by atoms with Crippen LogP contribution in [-0.4, -0.2) is 16.3 Å². The lowest BCUT2D eigenvalue weighted by molar-refractivity contribution is 0.478. The Kier molecular flexibility index (Phi) is 4.17. The van der Waals surface area contributed by atoms with Gasteiger partial charge >= 0.3 is 0 Å². The Morgan fingerprint density at radius 3 is 2.73 bits per heavy atom. The van der Waals surface area contributed by atoms with Crippen LogP contribution in [-0.2, 0) is 0 Å². The normalized spacial score (nSPS) is 10.1. The molecule has 0 saturated carbocycles. The molecule has 0 amide bonds. The highest BCUT2D eigenvalue weighted by atomic mass is 35.5. The lowest BCUT2D eigenvalue weighted by Gasteiger charge is -2.14. The Hall–Kier alpha value is -1.00. The Bertz CT molecular complexity index is 368. The summed E-state index contributed by atoms with van der Waals surface area (Å²) < 4.78 is 0. The van der Waals surface area contributed by atoms with Gasteiger partial charge in [0.15, 0.2) is 10.9 Å². The number of thiocarbonyl (C=S) groups is 1. The standard InChI is InChI=1S/C10H13ClN2OS/c1-6(2)12-10(15)13-8-5-3-4-7(11)9(8)14/h3-6,14H,1-2H3,(H2,12,13,15). The van der Waals surface area contributed by atoms with E-state index in [9.17, 15) is 5.11 Å². The highest BCUT2D eigenvalue weighted by Crippen LogP contribution is 2.30. The van der Waals surface area contributed by atoms with Crippen molar-refractivity contribution in [3.63, 3.8) is 0 Å². The fraction of sp³-hybridized carbons (Fsp3) is 0.300. The first-order chi connectivity index (χ1) is 7.00. The molecule has 0 saturated heterocycles. The zero-order chi connectivity index (χ0) is 11.4. The average molecular weight is 245 g/mol. The van der Waals surface area contributed by atoms with Crippen molar-refractivity contribution >= 4 is 34.6 Å². The summed E-state index contributed by atoms with van der Waals surface area (Å²) in [6.07, 6.45) is 0. The van der Waals surface area contributed by atoms with Crippen molar-refractivity contribution in [1.29, 1.82) is 0 Å². The summed E-state index contributed by atoms with van der Waals surface area (Å²) in [6.45, 7) is 3.96. The van der Waals surface area contributed by atoms with Crippen LogP contribution < -0.4 is 10.6 Å². The minimum absolute atomic E-state index is 0.00655. The molecule has 0 aliphatic rings. The molecule has 82 valence electrons. The topological polar surface area (TPSA) is 44.3 Å². The highest BCUT2D eigenvalue weighted by molar-refractivity contribution is 7.80. The van der Waals surface area contributed by atoms with Gasteiger partial charge in [0.05, 0.1) is 10.7 Å². The van der Waals surface area contributed by atoms with Crippen LogP contribution >= 0.6 is 23.8 Å². The van der Waals surface area contributed by atoms with Gasteiger partial charge in [-0.25, -0.2) is 0 Å². The van der Waals surface area contributed by atoms with E-state index < -0.39 is 0 Å². The fourth-order valence-corrected chi connectivity index (χ4v) is 1.56. The van der Waals surface area contributed by atoms with E-state index in [2.05, 4.69) is 10.6 Å². The van der Waals surface area contributed by atoms with Crippen molar-refractivity contribution in [3.05, 3.63) is 23.2 Å². The summed E-state index contributed by atoms with van der Waals surface area (Å²) >= 11 is 10.8. The van der Waals surface area contributed by atoms with Gasteiger partial charge in [-0.1, -0.05) is 17.7 Å². The van der Waals surface area contributed by atoms with E-state index in [-0.39, 0.29) is 11.8 Å². The van der Waals surface area contributed by atoms with E-state index in [1.165, 1.54) is 0 Å². The van der Waals surface area contributed by atoms with Crippen LogP contribution in [0, 0.1) is 0 Å². The third-order valence-electron chi connectivity index (χ3n) is 1.65. The second kappa shape index (κ2) is 5.19. The van der Waals surface area contributed by atoms with Crippen molar-refractivity contribution in [2.45, 2.75) is 19.9 Å². The summed E-state index contributed by atoms with van der Waals surface area (Å²) in [7, 11) is 0. The molecule has 15 heavy (non-hydrogen) atoms. The fourth-order valence-electron chi connectivity index (χ4n) is 1.04. The van der Waals surface area contributed by atoms with E-state index in [4.69, 9.17) is 23.8 Å². The first-order valence-electron chi connectivity index (χ1n) is 4.55. The number of rotatable bonds is 2. The van der Waals surface area contributed by atoms with Gasteiger partial charge in [-0.15, -0.1) is 0 Å². The number of benzene rings is 1. The summed E-state index contributed by atoms with van der Waals surface area (Å²) in [4.78, 5) is 0. The van der Waals surface area contributed by atoms with Crippen LogP contribution in [0.2, 0.25) is 5.02 Å². The summed E-state index contributed by atoms with van der Waals surface area (Å²) in [5.41, 5.74) is 0.501. The molecule has 0 bridgehead atoms. The molecule has 0 aliphatic carbocycles. The SMILES string of the molecule is CC(C)NC(=S)Nc1cccc(Cl)c1O. The number of phenolic OH excluding ortho intramolecular Hbond substituents is 1. The summed E-state index contributed by atoms with van der Waals surface area (Å²) in [5.74, 6) is 0.00655. The number of nitrogens with one attached hydrogen (secondary N) is 2. The van der Waals surface area contributed by atoms with E-state index >= 15 is 0 Å². The van der Waals surface area contributed by atoms with Gasteiger partial charge < -0.3 is 15.7 Å². The summed E-state index contributed by atoms with van der Waals surface area (Å²) in [5, 5.41) is 16.2. The van der Waals surface area contributed by atoms with Crippen LogP contribution in [0.4, 0.5) is 5.69 Å². The molecular weight excluding hydrogens is 232 g/mol. The molecule has 0 aliphatic heterocycles. The molecule has 1 aromatic rings. The van der Waals surface area contributed by atoms with Gasteiger partial charge in [0.25, 0.3) is 0 Å². The van der Waals surface area contributed by atoms with E-state index in [1.54, 1.807) is 18.2 Å². The summed E-state index contributed by atoms with van der Waals surface area (Å²) in [6, 6.07) is 5.30. The van der Waals surface area contributed by atoms with Gasteiger partial charge in [-0.05, 0) is 38.2 Å². The molecule has 0 atom stereocenters. The van der Waals surface area contributed by atoms with Gasteiger partial charge in [-0.2, -0.15) is 0 Å². The second-order valence-electron chi connectivity index (χ2n) is 3.39. The van der Waals surface area contributed by atoms with Crippen LogP contribution in [0.3, 0.4) is 0 Å². The zero-order valence-corrected chi connectivity index (χ0v) is 10.1. The molecule has 0 radical (unpaired) electrons. The first kappa shape index (κ1) is 12.1. The Balaban J connectivity index is 2.73. The second-order valence-corrected chi connectivity index (χ2v) is 4.20. The van der Waals surface area contributed by atoms with E-state index in [0.717, 1.165) is 0 Å². The van der Waals surface area contributed by atoms with Crippen molar-refractivity contribution < 1.29 is 5.11 Å². The van der Waals surface area contributed by atoms with Gasteiger partial charge in [-0.3, -0.25) is 0 Å². The third kappa shape index (κ3) is 3.57. The minimum atomic E-state index is 0.00655. The molecule has 1 rings (SSSR count). The van der Waals surface area contributed by atoms with Gasteiger partial charge in [0.2, 0.25) is 0 Å². The lowest BCUT2D eigenvalue weighted by Crippen LogP contribution is -2.33. The van der Waals surface area contributed by atoms with E-state index in [1.807, 2.05) is 13.8 Å². The van der Waals surface area contributed by atoms with Crippen molar-refractivity contribution in [1.82, 2.24) is 5.32 Å². The predicted octanol–water partition coefficient (Wildman–Crippen LogP) is 2.74. The Labute approximate surface area is 99.4 Å². The Morgan fingerprint density at radius 2 is 2.13 bits per heavy atom. The molecule has 1 aromatic carbocycles. The lowest BCUT2D eigenvalue weighted by atomic mass is 10.3. The minimum Gasteiger partial charge on any atom is -0.504 e. The van der Waals surface area contributed by atoms with Gasteiger partial charge in [0, 0.05) is 6.04 Å². The highest BCUT2D eigenvalue weighted by Gasteiger charge is 2.06. The van der Waals surface area contributed by atoms with Crippen molar-refractivity contribution in [3.8, 4) is 5.75 Å². The van der Waals surface area contributed by atoms with Crippen molar-refractivity contribution in [2.75, 3.05) is 5.32 Å². The number of aromatic hydroxyl groups is 1. The largest absolute Gasteiger partial charge is 0.504 e. The molecule has 5 heteroatoms. The number of hydrogen-bond donors (Lipinski definition) is 3. The predicted molar refractivity (Wildman–Crippen MR) is 67.6 cm³/mol. The molecule has 0 heterocycles. The molecule has 3 nitrogen and oxygen atoms in total.